The molecule has 0 N–H and O–H groups in total. The largest absolute Gasteiger partial charge is 0.492 e. The van der Waals surface area contributed by atoms with Crippen LogP contribution in [-0.4, -0.2) is 46.2 Å². The molecule has 0 amide bonds. The lowest BCUT2D eigenvalue weighted by atomic mass is 9.87. The van der Waals surface area contributed by atoms with Crippen molar-refractivity contribution in [2.75, 3.05) is 32.8 Å². The van der Waals surface area contributed by atoms with Crippen LogP contribution < -0.4 is 4.74 Å². The number of rotatable bonds is 15. The second-order valence-corrected chi connectivity index (χ2v) is 11.8. The standard InChI is InChI=1S/C36H41NO4S/c1-4-37(5-2)26-28-40-33-22-20-32(21-23-33)36(31-15-10-7-11-16-31)35(30-13-8-6-9-14-30)17-12-27-41-42(38,39)34-24-18-29(3)19-25-34/h6-11,13-16,18-25H,4-5,12,17,26-28H2,1-3H3/b36-35-. The van der Waals surface area contributed by atoms with Gasteiger partial charge in [-0.25, -0.2) is 0 Å². The fourth-order valence-electron chi connectivity index (χ4n) is 4.91. The van der Waals surface area contributed by atoms with Gasteiger partial charge in [-0.3, -0.25) is 4.18 Å². The number of allylic oxidation sites excluding steroid dienone is 1. The lowest BCUT2D eigenvalue weighted by molar-refractivity contribution is 0.223. The van der Waals surface area contributed by atoms with Crippen molar-refractivity contribution in [1.82, 2.24) is 4.90 Å². The van der Waals surface area contributed by atoms with Gasteiger partial charge in [0, 0.05) is 6.54 Å². The Bertz CT molecular complexity index is 1510. The molecule has 6 heteroatoms. The maximum atomic E-state index is 12.8. The number of benzene rings is 4. The molecule has 4 aromatic rings. The molecule has 42 heavy (non-hydrogen) atoms. The number of nitrogens with zero attached hydrogens (tertiary/aromatic N) is 1. The highest BCUT2D eigenvalue weighted by molar-refractivity contribution is 7.86. The van der Waals surface area contributed by atoms with Gasteiger partial charge in [0.2, 0.25) is 0 Å². The molecule has 220 valence electrons. The third-order valence-electron chi connectivity index (χ3n) is 7.32. The van der Waals surface area contributed by atoms with Crippen LogP contribution in [0, 0.1) is 6.92 Å². The minimum Gasteiger partial charge on any atom is -0.492 e. The molecule has 4 aromatic carbocycles. The molecule has 0 spiro atoms. The Morgan fingerprint density at radius 1 is 0.690 bits per heavy atom. The minimum atomic E-state index is -3.82. The van der Waals surface area contributed by atoms with E-state index < -0.39 is 10.1 Å². The van der Waals surface area contributed by atoms with Crippen molar-refractivity contribution in [3.63, 3.8) is 0 Å². The summed E-state index contributed by atoms with van der Waals surface area (Å²) in [5.74, 6) is 0.842. The van der Waals surface area contributed by atoms with Gasteiger partial charge in [-0.05, 0) is 85.0 Å². The second-order valence-electron chi connectivity index (χ2n) is 10.2. The van der Waals surface area contributed by atoms with E-state index in [2.05, 4.69) is 55.1 Å². The van der Waals surface area contributed by atoms with Crippen molar-refractivity contribution in [3.8, 4) is 5.75 Å². The smallest absolute Gasteiger partial charge is 0.296 e. The summed E-state index contributed by atoms with van der Waals surface area (Å²) >= 11 is 0. The van der Waals surface area contributed by atoms with E-state index in [1.165, 1.54) is 0 Å². The van der Waals surface area contributed by atoms with Crippen LogP contribution in [0.25, 0.3) is 11.1 Å². The molecule has 0 bridgehead atoms. The minimum absolute atomic E-state index is 0.0912. The first kappa shape index (κ1) is 31.2. The van der Waals surface area contributed by atoms with Crippen LogP contribution in [-0.2, 0) is 14.3 Å². The van der Waals surface area contributed by atoms with Crippen molar-refractivity contribution in [3.05, 3.63) is 131 Å². The topological polar surface area (TPSA) is 55.8 Å². The molecule has 0 aliphatic heterocycles. The van der Waals surface area contributed by atoms with Crippen molar-refractivity contribution < 1.29 is 17.3 Å². The van der Waals surface area contributed by atoms with E-state index in [1.807, 2.05) is 55.5 Å². The monoisotopic (exact) mass is 583 g/mol. The van der Waals surface area contributed by atoms with Gasteiger partial charge in [-0.1, -0.05) is 104 Å². The number of likely N-dealkylation sites (N-methyl/N-ethyl adjacent to an activating group) is 1. The maximum Gasteiger partial charge on any atom is 0.296 e. The first-order valence-corrected chi connectivity index (χ1v) is 16.1. The molecule has 5 nitrogen and oxygen atoms in total. The van der Waals surface area contributed by atoms with Crippen molar-refractivity contribution >= 4 is 21.3 Å². The molecular formula is C36H41NO4S. The molecular weight excluding hydrogens is 542 g/mol. The molecule has 0 fully saturated rings. The summed E-state index contributed by atoms with van der Waals surface area (Å²) in [6, 6.07) is 35.6. The van der Waals surface area contributed by atoms with Crippen LogP contribution in [0.3, 0.4) is 0 Å². The van der Waals surface area contributed by atoms with Gasteiger partial charge >= 0.3 is 0 Å². The Morgan fingerprint density at radius 2 is 1.26 bits per heavy atom. The average Bonchev–Trinajstić information content (AvgIpc) is 3.02. The Kier molecular flexibility index (Phi) is 11.5. The predicted octanol–water partition coefficient (Wildman–Crippen LogP) is 7.86. The quantitative estimate of drug-likeness (QED) is 0.0810. The van der Waals surface area contributed by atoms with Crippen LogP contribution in [0.4, 0.5) is 0 Å². The van der Waals surface area contributed by atoms with Crippen LogP contribution >= 0.6 is 0 Å². The fraction of sp³-hybridized carbons (Fsp3) is 0.278. The first-order valence-electron chi connectivity index (χ1n) is 14.7. The zero-order valence-electron chi connectivity index (χ0n) is 24.8. The molecule has 0 aliphatic rings. The highest BCUT2D eigenvalue weighted by Crippen LogP contribution is 2.36. The van der Waals surface area contributed by atoms with E-state index in [-0.39, 0.29) is 11.5 Å². The summed E-state index contributed by atoms with van der Waals surface area (Å²) in [4.78, 5) is 2.52. The fourth-order valence-corrected chi connectivity index (χ4v) is 5.86. The molecule has 0 saturated carbocycles. The lowest BCUT2D eigenvalue weighted by Gasteiger charge is -2.19. The summed E-state index contributed by atoms with van der Waals surface area (Å²) in [6.45, 7) is 9.89. The number of aryl methyl sites for hydroxylation is 1. The van der Waals surface area contributed by atoms with Crippen LogP contribution in [0.5, 0.6) is 5.75 Å². The molecule has 0 heterocycles. The first-order chi connectivity index (χ1) is 20.4. The van der Waals surface area contributed by atoms with Gasteiger partial charge in [0.05, 0.1) is 11.5 Å². The van der Waals surface area contributed by atoms with Crippen LogP contribution in [0.2, 0.25) is 0 Å². The molecule has 0 unspecified atom stereocenters. The molecule has 0 saturated heterocycles. The average molecular weight is 584 g/mol. The summed E-state index contributed by atoms with van der Waals surface area (Å²) in [5.41, 5.74) is 6.51. The van der Waals surface area contributed by atoms with E-state index in [1.54, 1.807) is 24.3 Å². The van der Waals surface area contributed by atoms with E-state index >= 15 is 0 Å². The van der Waals surface area contributed by atoms with E-state index in [0.29, 0.717) is 19.4 Å². The summed E-state index contributed by atoms with van der Waals surface area (Å²) in [7, 11) is -3.82. The molecule has 4 rings (SSSR count). The van der Waals surface area contributed by atoms with E-state index in [0.717, 1.165) is 58.8 Å². The van der Waals surface area contributed by atoms with E-state index in [4.69, 9.17) is 8.92 Å². The summed E-state index contributed by atoms with van der Waals surface area (Å²) < 4.78 is 37.0. The zero-order chi connectivity index (χ0) is 29.8. The van der Waals surface area contributed by atoms with Gasteiger partial charge in [0.15, 0.2) is 0 Å². The maximum absolute atomic E-state index is 12.8. The number of hydrogen-bond acceptors (Lipinski definition) is 5. The molecule has 0 atom stereocenters. The van der Waals surface area contributed by atoms with Crippen molar-refractivity contribution in [2.24, 2.45) is 0 Å². The normalized spacial score (nSPS) is 12.3. The number of ether oxygens (including phenoxy) is 1. The van der Waals surface area contributed by atoms with Gasteiger partial charge in [0.25, 0.3) is 10.1 Å². The zero-order valence-corrected chi connectivity index (χ0v) is 25.6. The molecule has 0 aliphatic carbocycles. The van der Waals surface area contributed by atoms with E-state index in [9.17, 15) is 8.42 Å². The third kappa shape index (κ3) is 8.65. The lowest BCUT2D eigenvalue weighted by Crippen LogP contribution is -2.27. The number of hydrogen-bond donors (Lipinski definition) is 0. The third-order valence-corrected chi connectivity index (χ3v) is 8.65. The highest BCUT2D eigenvalue weighted by atomic mass is 32.2. The van der Waals surface area contributed by atoms with Gasteiger partial charge in [0.1, 0.15) is 12.4 Å². The highest BCUT2D eigenvalue weighted by Gasteiger charge is 2.17. The SMILES string of the molecule is CCN(CC)CCOc1ccc(/C(=C(/CCCOS(=O)(=O)c2ccc(C)cc2)c2ccccc2)c2ccccc2)cc1. The Morgan fingerprint density at radius 3 is 1.86 bits per heavy atom. The van der Waals surface area contributed by atoms with Gasteiger partial charge in [-0.2, -0.15) is 8.42 Å². The Hall–Kier alpha value is -3.71. The van der Waals surface area contributed by atoms with Crippen molar-refractivity contribution in [2.45, 2.75) is 38.5 Å². The Labute approximate surface area is 251 Å². The summed E-state index contributed by atoms with van der Waals surface area (Å²) in [5, 5.41) is 0. The van der Waals surface area contributed by atoms with Crippen molar-refractivity contribution in [1.29, 1.82) is 0 Å². The van der Waals surface area contributed by atoms with Crippen LogP contribution in [0.1, 0.15) is 48.9 Å². The second kappa shape index (κ2) is 15.5. The van der Waals surface area contributed by atoms with Gasteiger partial charge in [-0.15, -0.1) is 0 Å². The van der Waals surface area contributed by atoms with Crippen LogP contribution in [0.15, 0.2) is 114 Å². The predicted molar refractivity (Wildman–Crippen MR) is 172 cm³/mol. The molecule has 0 aromatic heterocycles. The molecule has 0 radical (unpaired) electrons. The van der Waals surface area contributed by atoms with Gasteiger partial charge < -0.3 is 9.64 Å². The summed E-state index contributed by atoms with van der Waals surface area (Å²) in [6.07, 6.45) is 1.18. The Balaban J connectivity index is 1.60.